The van der Waals surface area contributed by atoms with Crippen LogP contribution in [-0.2, 0) is 4.79 Å². The highest BCUT2D eigenvalue weighted by atomic mass is 16.3. The quantitative estimate of drug-likeness (QED) is 0.613. The Labute approximate surface area is 168 Å². The van der Waals surface area contributed by atoms with Gasteiger partial charge in [0.15, 0.2) is 0 Å². The van der Waals surface area contributed by atoms with Crippen molar-refractivity contribution in [3.63, 3.8) is 0 Å². The molecular weight excluding hydrogens is 372 g/mol. The van der Waals surface area contributed by atoms with Gasteiger partial charge in [0.1, 0.15) is 17.2 Å². The Morgan fingerprint density at radius 3 is 2.52 bits per heavy atom. The number of benzene rings is 1. The molecule has 0 unspecified atom stereocenters. The number of amides is 4. The van der Waals surface area contributed by atoms with Crippen molar-refractivity contribution < 1.29 is 18.8 Å². The third kappa shape index (κ3) is 4.22. The summed E-state index contributed by atoms with van der Waals surface area (Å²) in [6, 6.07) is 10.2. The van der Waals surface area contributed by atoms with Gasteiger partial charge >= 0.3 is 6.03 Å². The van der Waals surface area contributed by atoms with Gasteiger partial charge in [-0.25, -0.2) is 4.79 Å². The van der Waals surface area contributed by atoms with Crippen molar-refractivity contribution in [1.29, 1.82) is 0 Å². The topological polar surface area (TPSA) is 94.9 Å². The summed E-state index contributed by atoms with van der Waals surface area (Å²) in [5.74, 6) is 0.605. The summed E-state index contributed by atoms with van der Waals surface area (Å²) >= 11 is 0. The number of urea groups is 1. The van der Waals surface area contributed by atoms with E-state index >= 15 is 0 Å². The van der Waals surface area contributed by atoms with Crippen LogP contribution in [0.25, 0.3) is 17.4 Å². The van der Waals surface area contributed by atoms with Crippen molar-refractivity contribution in [3.8, 4) is 11.3 Å². The zero-order valence-corrected chi connectivity index (χ0v) is 16.1. The van der Waals surface area contributed by atoms with Crippen LogP contribution >= 0.6 is 0 Å². The predicted molar refractivity (Wildman–Crippen MR) is 107 cm³/mol. The highest BCUT2D eigenvalue weighted by Gasteiger charge is 2.23. The number of rotatable bonds is 3. The molecule has 0 bridgehead atoms. The van der Waals surface area contributed by atoms with E-state index in [4.69, 9.17) is 4.42 Å². The SMILES string of the molecule is CN1CCCN(C(=O)c2ccc(-c3ccc(C=C4NC(=O)NC4=O)o3)cc2)CC1. The summed E-state index contributed by atoms with van der Waals surface area (Å²) in [7, 11) is 2.07. The molecule has 8 nitrogen and oxygen atoms in total. The predicted octanol–water partition coefficient (Wildman–Crippen LogP) is 1.90. The summed E-state index contributed by atoms with van der Waals surface area (Å²) in [5.41, 5.74) is 1.61. The second kappa shape index (κ2) is 7.92. The first-order chi connectivity index (χ1) is 14.0. The molecule has 0 saturated carbocycles. The van der Waals surface area contributed by atoms with Gasteiger partial charge in [0, 0.05) is 36.8 Å². The van der Waals surface area contributed by atoms with E-state index in [9.17, 15) is 14.4 Å². The summed E-state index contributed by atoms with van der Waals surface area (Å²) in [6.45, 7) is 3.39. The third-order valence-electron chi connectivity index (χ3n) is 5.06. The van der Waals surface area contributed by atoms with Crippen molar-refractivity contribution in [3.05, 3.63) is 53.4 Å². The summed E-state index contributed by atoms with van der Waals surface area (Å²) in [5, 5.41) is 4.55. The first-order valence-electron chi connectivity index (χ1n) is 9.52. The summed E-state index contributed by atoms with van der Waals surface area (Å²) in [4.78, 5) is 39.7. The molecule has 3 heterocycles. The third-order valence-corrected chi connectivity index (χ3v) is 5.06. The lowest BCUT2D eigenvalue weighted by molar-refractivity contribution is -0.115. The van der Waals surface area contributed by atoms with E-state index in [1.807, 2.05) is 17.0 Å². The van der Waals surface area contributed by atoms with E-state index in [0.717, 1.165) is 38.2 Å². The summed E-state index contributed by atoms with van der Waals surface area (Å²) < 4.78 is 5.75. The Bertz CT molecular complexity index is 977. The number of furan rings is 1. The Balaban J connectivity index is 1.46. The molecule has 4 rings (SSSR count). The van der Waals surface area contributed by atoms with Crippen LogP contribution in [0.2, 0.25) is 0 Å². The van der Waals surface area contributed by atoms with Crippen molar-refractivity contribution in [2.45, 2.75) is 6.42 Å². The van der Waals surface area contributed by atoms with Gasteiger partial charge in [-0.15, -0.1) is 0 Å². The monoisotopic (exact) mass is 394 g/mol. The highest BCUT2D eigenvalue weighted by Crippen LogP contribution is 2.24. The van der Waals surface area contributed by atoms with Crippen molar-refractivity contribution >= 4 is 23.9 Å². The minimum absolute atomic E-state index is 0.0414. The molecule has 2 aliphatic rings. The molecule has 150 valence electrons. The van der Waals surface area contributed by atoms with E-state index in [1.54, 1.807) is 24.3 Å². The van der Waals surface area contributed by atoms with Crippen LogP contribution in [0.4, 0.5) is 4.79 Å². The van der Waals surface area contributed by atoms with Crippen LogP contribution in [-0.4, -0.2) is 60.9 Å². The Hall–Kier alpha value is -3.39. The van der Waals surface area contributed by atoms with Crippen LogP contribution < -0.4 is 10.6 Å². The normalized spacial score (nSPS) is 19.2. The van der Waals surface area contributed by atoms with E-state index in [-0.39, 0.29) is 11.6 Å². The molecule has 0 radical (unpaired) electrons. The number of imide groups is 1. The smallest absolute Gasteiger partial charge is 0.326 e. The van der Waals surface area contributed by atoms with Crippen LogP contribution in [0.1, 0.15) is 22.5 Å². The lowest BCUT2D eigenvalue weighted by atomic mass is 10.1. The van der Waals surface area contributed by atoms with Crippen molar-refractivity contribution in [1.82, 2.24) is 20.4 Å². The van der Waals surface area contributed by atoms with Gasteiger partial charge in [-0.2, -0.15) is 0 Å². The second-order valence-electron chi connectivity index (χ2n) is 7.19. The minimum atomic E-state index is -0.552. The zero-order chi connectivity index (χ0) is 20.4. The molecule has 2 N–H and O–H groups in total. The first-order valence-corrected chi connectivity index (χ1v) is 9.52. The number of carbonyl (C=O) groups excluding carboxylic acids is 3. The summed E-state index contributed by atoms with van der Waals surface area (Å²) in [6.07, 6.45) is 2.45. The van der Waals surface area contributed by atoms with E-state index < -0.39 is 11.9 Å². The molecular formula is C21H22N4O4. The van der Waals surface area contributed by atoms with Crippen LogP contribution in [0.15, 0.2) is 46.5 Å². The maximum atomic E-state index is 12.8. The van der Waals surface area contributed by atoms with E-state index in [2.05, 4.69) is 22.6 Å². The Kier molecular flexibility index (Phi) is 5.18. The molecule has 0 spiro atoms. The molecule has 1 aromatic carbocycles. The largest absolute Gasteiger partial charge is 0.457 e. The maximum absolute atomic E-state index is 12.8. The average Bonchev–Trinajstić information content (AvgIpc) is 3.23. The van der Waals surface area contributed by atoms with Crippen molar-refractivity contribution in [2.24, 2.45) is 0 Å². The van der Waals surface area contributed by atoms with E-state index in [0.29, 0.717) is 17.1 Å². The fourth-order valence-corrected chi connectivity index (χ4v) is 3.42. The van der Waals surface area contributed by atoms with Gasteiger partial charge in [-0.1, -0.05) is 12.1 Å². The molecule has 29 heavy (non-hydrogen) atoms. The molecule has 2 saturated heterocycles. The molecule has 0 atom stereocenters. The van der Waals surface area contributed by atoms with Gasteiger partial charge in [-0.05, 0) is 44.3 Å². The molecule has 2 fully saturated rings. The molecule has 1 aromatic heterocycles. The molecule has 4 amide bonds. The lowest BCUT2D eigenvalue weighted by Crippen LogP contribution is -2.34. The number of nitrogens with zero attached hydrogens (tertiary/aromatic N) is 2. The fourth-order valence-electron chi connectivity index (χ4n) is 3.42. The number of likely N-dealkylation sites (N-methyl/N-ethyl adjacent to an activating group) is 1. The molecule has 8 heteroatoms. The van der Waals surface area contributed by atoms with Gasteiger partial charge in [0.25, 0.3) is 11.8 Å². The van der Waals surface area contributed by atoms with Crippen LogP contribution in [0.3, 0.4) is 0 Å². The van der Waals surface area contributed by atoms with Gasteiger partial charge in [-0.3, -0.25) is 14.9 Å². The number of nitrogens with one attached hydrogen (secondary N) is 2. The first kappa shape index (κ1) is 18.9. The molecule has 2 aromatic rings. The van der Waals surface area contributed by atoms with E-state index in [1.165, 1.54) is 6.08 Å². The van der Waals surface area contributed by atoms with Crippen LogP contribution in [0, 0.1) is 0 Å². The van der Waals surface area contributed by atoms with Gasteiger partial charge in [0.05, 0.1) is 0 Å². The fraction of sp³-hybridized carbons (Fsp3) is 0.286. The van der Waals surface area contributed by atoms with Gasteiger partial charge < -0.3 is 19.5 Å². The van der Waals surface area contributed by atoms with Crippen LogP contribution in [0.5, 0.6) is 0 Å². The van der Waals surface area contributed by atoms with Crippen molar-refractivity contribution in [2.75, 3.05) is 33.2 Å². The minimum Gasteiger partial charge on any atom is -0.457 e. The molecule has 2 aliphatic heterocycles. The Morgan fingerprint density at radius 2 is 1.79 bits per heavy atom. The standard InChI is InChI=1S/C21H22N4O4/c1-24-9-2-10-25(12-11-24)20(27)15-5-3-14(4-6-15)18-8-7-16(29-18)13-17-19(26)23-21(28)22-17/h3-8,13H,2,9-12H2,1H3,(H2,22,23,26,28). The zero-order valence-electron chi connectivity index (χ0n) is 16.1. The average molecular weight is 394 g/mol. The second-order valence-corrected chi connectivity index (χ2v) is 7.19. The lowest BCUT2D eigenvalue weighted by Gasteiger charge is -2.20. The molecule has 0 aliphatic carbocycles. The Morgan fingerprint density at radius 1 is 1.00 bits per heavy atom. The number of hydrogen-bond acceptors (Lipinski definition) is 5. The number of carbonyl (C=O) groups is 3. The highest BCUT2D eigenvalue weighted by molar-refractivity contribution is 6.13. The maximum Gasteiger partial charge on any atom is 0.326 e. The number of hydrogen-bond donors (Lipinski definition) is 2. The van der Waals surface area contributed by atoms with Gasteiger partial charge in [0.2, 0.25) is 0 Å².